The van der Waals surface area contributed by atoms with E-state index in [4.69, 9.17) is 0 Å². The molecule has 0 bridgehead atoms. The molecule has 0 saturated heterocycles. The molecule has 0 saturated carbocycles. The van der Waals surface area contributed by atoms with Crippen molar-refractivity contribution < 1.29 is 4.79 Å². The van der Waals surface area contributed by atoms with Gasteiger partial charge >= 0.3 is 0 Å². The van der Waals surface area contributed by atoms with E-state index in [2.05, 4.69) is 43.1 Å². The van der Waals surface area contributed by atoms with E-state index in [1.807, 2.05) is 67.2 Å². The fourth-order valence-corrected chi connectivity index (χ4v) is 3.18. The highest BCUT2D eigenvalue weighted by molar-refractivity contribution is 7.99. The SMILES string of the molecule is CC(C)Sc1ccc(CC(=O)NCC#Cc2ccc(N(C)C)cc2)cc1. The summed E-state index contributed by atoms with van der Waals surface area (Å²) in [5, 5.41) is 3.41. The number of amides is 1. The molecule has 1 amide bonds. The van der Waals surface area contributed by atoms with Crippen molar-refractivity contribution in [1.82, 2.24) is 5.32 Å². The smallest absolute Gasteiger partial charge is 0.225 e. The van der Waals surface area contributed by atoms with Gasteiger partial charge in [0.25, 0.3) is 0 Å². The van der Waals surface area contributed by atoms with Gasteiger partial charge in [-0.1, -0.05) is 37.8 Å². The molecule has 0 aliphatic carbocycles. The normalized spacial score (nSPS) is 10.2. The molecule has 4 heteroatoms. The first-order valence-corrected chi connectivity index (χ1v) is 9.60. The van der Waals surface area contributed by atoms with Crippen LogP contribution in [0.1, 0.15) is 25.0 Å². The summed E-state index contributed by atoms with van der Waals surface area (Å²) in [5.74, 6) is 6.06. The van der Waals surface area contributed by atoms with Crippen LogP contribution in [0.25, 0.3) is 0 Å². The van der Waals surface area contributed by atoms with Crippen LogP contribution in [0.3, 0.4) is 0 Å². The summed E-state index contributed by atoms with van der Waals surface area (Å²) in [6.07, 6.45) is 0.381. The minimum atomic E-state index is -0.00785. The monoisotopic (exact) mass is 366 g/mol. The summed E-state index contributed by atoms with van der Waals surface area (Å²) in [5.41, 5.74) is 3.10. The van der Waals surface area contributed by atoms with Gasteiger partial charge in [-0.2, -0.15) is 0 Å². The number of benzene rings is 2. The minimum absolute atomic E-state index is 0.00785. The molecule has 26 heavy (non-hydrogen) atoms. The lowest BCUT2D eigenvalue weighted by Crippen LogP contribution is -2.25. The van der Waals surface area contributed by atoms with Gasteiger partial charge in [-0.15, -0.1) is 11.8 Å². The number of nitrogens with zero attached hydrogens (tertiary/aromatic N) is 1. The largest absolute Gasteiger partial charge is 0.378 e. The number of nitrogens with one attached hydrogen (secondary N) is 1. The van der Waals surface area contributed by atoms with E-state index in [1.54, 1.807) is 0 Å². The summed E-state index contributed by atoms with van der Waals surface area (Å²) >= 11 is 1.82. The van der Waals surface area contributed by atoms with Crippen molar-refractivity contribution in [2.45, 2.75) is 30.4 Å². The van der Waals surface area contributed by atoms with Crippen LogP contribution in [0.15, 0.2) is 53.4 Å². The standard InChI is InChI=1S/C22H26N2OS/c1-17(2)26-21-13-9-19(10-14-21)16-22(25)23-15-5-6-18-7-11-20(12-8-18)24(3)4/h7-14,17H,15-16H2,1-4H3,(H,23,25). The maximum absolute atomic E-state index is 12.0. The zero-order chi connectivity index (χ0) is 18.9. The van der Waals surface area contributed by atoms with E-state index < -0.39 is 0 Å². The summed E-state index contributed by atoms with van der Waals surface area (Å²) in [6.45, 7) is 4.70. The van der Waals surface area contributed by atoms with E-state index in [1.165, 1.54) is 4.90 Å². The van der Waals surface area contributed by atoms with Crippen LogP contribution in [-0.2, 0) is 11.2 Å². The van der Waals surface area contributed by atoms with Crippen LogP contribution in [0.5, 0.6) is 0 Å². The third-order valence-corrected chi connectivity index (χ3v) is 4.67. The van der Waals surface area contributed by atoms with Crippen molar-refractivity contribution in [3.05, 3.63) is 59.7 Å². The van der Waals surface area contributed by atoms with Crippen molar-refractivity contribution in [1.29, 1.82) is 0 Å². The van der Waals surface area contributed by atoms with Gasteiger partial charge in [0.05, 0.1) is 13.0 Å². The van der Waals surface area contributed by atoms with Crippen molar-refractivity contribution >= 4 is 23.4 Å². The Morgan fingerprint density at radius 3 is 2.31 bits per heavy atom. The molecule has 2 aromatic rings. The first-order chi connectivity index (χ1) is 12.4. The Hall–Kier alpha value is -2.38. The number of hydrogen-bond donors (Lipinski definition) is 1. The van der Waals surface area contributed by atoms with Gasteiger partial charge in [0, 0.05) is 35.5 Å². The van der Waals surface area contributed by atoms with Gasteiger partial charge in [0.1, 0.15) is 0 Å². The molecule has 0 spiro atoms. The van der Waals surface area contributed by atoms with Gasteiger partial charge < -0.3 is 10.2 Å². The number of thioether (sulfide) groups is 1. The summed E-state index contributed by atoms with van der Waals surface area (Å²) in [6, 6.07) is 16.2. The molecule has 0 heterocycles. The van der Waals surface area contributed by atoms with Gasteiger partial charge in [0.15, 0.2) is 0 Å². The van der Waals surface area contributed by atoms with E-state index in [0.29, 0.717) is 18.2 Å². The number of anilines is 1. The summed E-state index contributed by atoms with van der Waals surface area (Å²) < 4.78 is 0. The molecule has 0 aliphatic rings. The second kappa shape index (κ2) is 9.94. The van der Waals surface area contributed by atoms with Crippen LogP contribution in [0, 0.1) is 11.8 Å². The molecule has 0 unspecified atom stereocenters. The maximum atomic E-state index is 12.0. The molecule has 2 aromatic carbocycles. The van der Waals surface area contributed by atoms with E-state index in [9.17, 15) is 4.79 Å². The highest BCUT2D eigenvalue weighted by Gasteiger charge is 2.03. The Balaban J connectivity index is 1.78. The second-order valence-corrected chi connectivity index (χ2v) is 8.16. The zero-order valence-electron chi connectivity index (χ0n) is 15.9. The minimum Gasteiger partial charge on any atom is -0.378 e. The highest BCUT2D eigenvalue weighted by Crippen LogP contribution is 2.22. The third-order valence-electron chi connectivity index (χ3n) is 3.65. The number of carbonyl (C=O) groups excluding carboxylic acids is 1. The number of hydrogen-bond acceptors (Lipinski definition) is 3. The molecule has 136 valence electrons. The summed E-state index contributed by atoms with van der Waals surface area (Å²) in [7, 11) is 4.01. The van der Waals surface area contributed by atoms with Crippen LogP contribution < -0.4 is 10.2 Å². The van der Waals surface area contributed by atoms with Crippen LogP contribution in [0.2, 0.25) is 0 Å². The average Bonchev–Trinajstić information content (AvgIpc) is 2.60. The molecular formula is C22H26N2OS. The lowest BCUT2D eigenvalue weighted by atomic mass is 10.1. The van der Waals surface area contributed by atoms with E-state index in [-0.39, 0.29) is 5.91 Å². The molecule has 0 aliphatic heterocycles. The molecule has 0 atom stereocenters. The van der Waals surface area contributed by atoms with Gasteiger partial charge in [-0.3, -0.25) is 4.79 Å². The molecular weight excluding hydrogens is 340 g/mol. The zero-order valence-corrected chi connectivity index (χ0v) is 16.7. The average molecular weight is 367 g/mol. The lowest BCUT2D eigenvalue weighted by Gasteiger charge is -2.11. The Morgan fingerprint density at radius 1 is 1.08 bits per heavy atom. The van der Waals surface area contributed by atoms with Crippen molar-refractivity contribution in [2.75, 3.05) is 25.5 Å². The van der Waals surface area contributed by atoms with Crippen molar-refractivity contribution in [3.63, 3.8) is 0 Å². The third kappa shape index (κ3) is 6.85. The Kier molecular flexibility index (Phi) is 7.62. The topological polar surface area (TPSA) is 32.3 Å². The van der Waals surface area contributed by atoms with Crippen LogP contribution >= 0.6 is 11.8 Å². The predicted molar refractivity (Wildman–Crippen MR) is 112 cm³/mol. The molecule has 0 fully saturated rings. The van der Waals surface area contributed by atoms with Gasteiger partial charge in [-0.25, -0.2) is 0 Å². The Labute approximate surface area is 161 Å². The molecule has 3 nitrogen and oxygen atoms in total. The lowest BCUT2D eigenvalue weighted by molar-refractivity contribution is -0.120. The first kappa shape index (κ1) is 19.9. The fourth-order valence-electron chi connectivity index (χ4n) is 2.34. The van der Waals surface area contributed by atoms with Gasteiger partial charge in [0.2, 0.25) is 5.91 Å². The molecule has 2 rings (SSSR count). The first-order valence-electron chi connectivity index (χ1n) is 8.72. The quantitative estimate of drug-likeness (QED) is 0.620. The Morgan fingerprint density at radius 2 is 1.73 bits per heavy atom. The van der Waals surface area contributed by atoms with E-state index >= 15 is 0 Å². The van der Waals surface area contributed by atoms with Crippen LogP contribution in [-0.4, -0.2) is 31.8 Å². The Bertz CT molecular complexity index is 769. The van der Waals surface area contributed by atoms with Crippen molar-refractivity contribution in [3.8, 4) is 11.8 Å². The molecule has 0 radical (unpaired) electrons. The van der Waals surface area contributed by atoms with Crippen LogP contribution in [0.4, 0.5) is 5.69 Å². The van der Waals surface area contributed by atoms with Gasteiger partial charge in [-0.05, 0) is 42.0 Å². The molecule has 0 aromatic heterocycles. The predicted octanol–water partition coefficient (Wildman–Crippen LogP) is 3.96. The summed E-state index contributed by atoms with van der Waals surface area (Å²) in [4.78, 5) is 15.3. The number of rotatable bonds is 6. The second-order valence-electron chi connectivity index (χ2n) is 6.51. The molecule has 1 N–H and O–H groups in total. The number of carbonyl (C=O) groups is 1. The highest BCUT2D eigenvalue weighted by atomic mass is 32.2. The fraction of sp³-hybridized carbons (Fsp3) is 0.318. The van der Waals surface area contributed by atoms with Crippen molar-refractivity contribution in [2.24, 2.45) is 0 Å². The van der Waals surface area contributed by atoms with E-state index in [0.717, 1.165) is 16.8 Å². The maximum Gasteiger partial charge on any atom is 0.225 e.